The van der Waals surface area contributed by atoms with Gasteiger partial charge in [-0.3, -0.25) is 0 Å². The van der Waals surface area contributed by atoms with E-state index in [2.05, 4.69) is 0 Å². The zero-order valence-electron chi connectivity index (χ0n) is 11.0. The molecule has 0 amide bonds. The smallest absolute Gasteiger partial charge is 0.122 e. The first-order valence-corrected chi connectivity index (χ1v) is 7.15. The van der Waals surface area contributed by atoms with Crippen molar-refractivity contribution in [2.24, 2.45) is 11.7 Å². The van der Waals surface area contributed by atoms with Gasteiger partial charge in [-0.2, -0.15) is 0 Å². The van der Waals surface area contributed by atoms with Crippen LogP contribution in [-0.4, -0.2) is 13.2 Å². The van der Waals surface area contributed by atoms with Gasteiger partial charge in [0, 0.05) is 11.1 Å². The van der Waals surface area contributed by atoms with Crippen LogP contribution in [0.2, 0.25) is 5.02 Å². The Kier molecular flexibility index (Phi) is 4.90. The molecule has 2 N–H and O–H groups in total. The van der Waals surface area contributed by atoms with Crippen LogP contribution in [0.15, 0.2) is 18.2 Å². The molecule has 1 aromatic carbocycles. The molecule has 1 saturated carbocycles. The molecule has 1 fully saturated rings. The molecule has 2 rings (SSSR count). The predicted molar refractivity (Wildman–Crippen MR) is 76.3 cm³/mol. The molecule has 18 heavy (non-hydrogen) atoms. The fourth-order valence-electron chi connectivity index (χ4n) is 2.95. The highest BCUT2D eigenvalue weighted by molar-refractivity contribution is 6.30. The maximum absolute atomic E-state index is 6.26. The van der Waals surface area contributed by atoms with E-state index in [4.69, 9.17) is 22.1 Å². The van der Waals surface area contributed by atoms with E-state index in [1.54, 1.807) is 7.11 Å². The zero-order valence-corrected chi connectivity index (χ0v) is 11.7. The number of hydrogen-bond donors (Lipinski definition) is 1. The average Bonchev–Trinajstić information content (AvgIpc) is 2.82. The molecular formula is C15H22ClNO. The molecule has 0 saturated heterocycles. The van der Waals surface area contributed by atoms with Gasteiger partial charge >= 0.3 is 0 Å². The Morgan fingerprint density at radius 1 is 1.39 bits per heavy atom. The zero-order chi connectivity index (χ0) is 13.0. The Balaban J connectivity index is 1.96. The van der Waals surface area contributed by atoms with Gasteiger partial charge in [-0.25, -0.2) is 0 Å². The normalized spacial score (nSPS) is 17.9. The summed E-state index contributed by atoms with van der Waals surface area (Å²) in [6.45, 7) is 0. The maximum Gasteiger partial charge on any atom is 0.122 e. The van der Waals surface area contributed by atoms with E-state index in [1.165, 1.54) is 25.7 Å². The molecule has 1 aliphatic rings. The van der Waals surface area contributed by atoms with Crippen LogP contribution in [-0.2, 0) is 6.42 Å². The third kappa shape index (κ3) is 3.63. The molecule has 3 heteroatoms. The molecule has 2 nitrogen and oxygen atoms in total. The Morgan fingerprint density at radius 3 is 2.78 bits per heavy atom. The van der Waals surface area contributed by atoms with Gasteiger partial charge in [0.25, 0.3) is 0 Å². The highest BCUT2D eigenvalue weighted by Gasteiger charge is 2.19. The van der Waals surface area contributed by atoms with E-state index < -0.39 is 0 Å². The lowest BCUT2D eigenvalue weighted by molar-refractivity contribution is 0.400. The number of rotatable bonds is 5. The second-order valence-electron chi connectivity index (χ2n) is 5.31. The number of nitrogens with two attached hydrogens (primary N) is 1. The first-order valence-electron chi connectivity index (χ1n) is 6.77. The van der Waals surface area contributed by atoms with Gasteiger partial charge in [0.1, 0.15) is 5.75 Å². The van der Waals surface area contributed by atoms with E-state index in [-0.39, 0.29) is 6.04 Å². The summed E-state index contributed by atoms with van der Waals surface area (Å²) in [6, 6.07) is 5.95. The van der Waals surface area contributed by atoms with Crippen molar-refractivity contribution in [1.82, 2.24) is 0 Å². The summed E-state index contributed by atoms with van der Waals surface area (Å²) in [5.41, 5.74) is 7.38. The summed E-state index contributed by atoms with van der Waals surface area (Å²) in [4.78, 5) is 0. The van der Waals surface area contributed by atoms with Crippen molar-refractivity contribution in [3.63, 3.8) is 0 Å². The predicted octanol–water partition coefficient (Wildman–Crippen LogP) is 3.80. The molecular weight excluding hydrogens is 246 g/mol. The lowest BCUT2D eigenvalue weighted by Crippen LogP contribution is -2.25. The van der Waals surface area contributed by atoms with Crippen molar-refractivity contribution < 1.29 is 4.74 Å². The lowest BCUT2D eigenvalue weighted by atomic mass is 9.94. The van der Waals surface area contributed by atoms with E-state index in [0.29, 0.717) is 0 Å². The number of hydrogen-bond acceptors (Lipinski definition) is 2. The molecule has 0 radical (unpaired) electrons. The highest BCUT2D eigenvalue weighted by Crippen LogP contribution is 2.30. The SMILES string of the molecule is COc1ccc(Cl)cc1CC(N)CC1CCCC1. The third-order valence-corrected chi connectivity index (χ3v) is 4.07. The molecule has 1 aromatic rings. The summed E-state index contributed by atoms with van der Waals surface area (Å²) in [6.07, 6.45) is 7.41. The molecule has 0 aromatic heterocycles. The van der Waals surface area contributed by atoms with Gasteiger partial charge in [-0.05, 0) is 42.5 Å². The standard InChI is InChI=1S/C15H22ClNO/c1-18-15-7-6-13(16)9-12(15)10-14(17)8-11-4-2-3-5-11/h6-7,9,11,14H,2-5,8,10,17H2,1H3. The fraction of sp³-hybridized carbons (Fsp3) is 0.600. The number of benzene rings is 1. The maximum atomic E-state index is 6.26. The quantitative estimate of drug-likeness (QED) is 0.881. The summed E-state index contributed by atoms with van der Waals surface area (Å²) in [5, 5.41) is 0.749. The van der Waals surface area contributed by atoms with Crippen LogP contribution in [0.4, 0.5) is 0 Å². The van der Waals surface area contributed by atoms with Crippen LogP contribution >= 0.6 is 11.6 Å². The number of halogens is 1. The van der Waals surface area contributed by atoms with Crippen LogP contribution in [0.3, 0.4) is 0 Å². The van der Waals surface area contributed by atoms with Crippen LogP contribution in [0.5, 0.6) is 5.75 Å². The van der Waals surface area contributed by atoms with Crippen LogP contribution < -0.4 is 10.5 Å². The summed E-state index contributed by atoms with van der Waals surface area (Å²) in [7, 11) is 1.69. The van der Waals surface area contributed by atoms with Gasteiger partial charge in [0.2, 0.25) is 0 Å². The molecule has 1 atom stereocenters. The van der Waals surface area contributed by atoms with Gasteiger partial charge in [0.15, 0.2) is 0 Å². The van der Waals surface area contributed by atoms with E-state index >= 15 is 0 Å². The molecule has 0 bridgehead atoms. The summed E-state index contributed by atoms with van der Waals surface area (Å²) >= 11 is 6.03. The molecule has 0 spiro atoms. The largest absolute Gasteiger partial charge is 0.496 e. The Labute approximate surface area is 114 Å². The second kappa shape index (κ2) is 6.44. The first-order chi connectivity index (χ1) is 8.69. The van der Waals surface area contributed by atoms with Gasteiger partial charge in [0.05, 0.1) is 7.11 Å². The van der Waals surface area contributed by atoms with E-state index in [1.807, 2.05) is 18.2 Å². The minimum atomic E-state index is 0.209. The first kappa shape index (κ1) is 13.7. The van der Waals surface area contributed by atoms with Crippen molar-refractivity contribution in [3.05, 3.63) is 28.8 Å². The van der Waals surface area contributed by atoms with Gasteiger partial charge in [-0.1, -0.05) is 37.3 Å². The Hall–Kier alpha value is -0.730. The van der Waals surface area contributed by atoms with E-state index in [0.717, 1.165) is 35.1 Å². The number of ether oxygens (including phenoxy) is 1. The fourth-order valence-corrected chi connectivity index (χ4v) is 3.14. The second-order valence-corrected chi connectivity index (χ2v) is 5.74. The van der Waals surface area contributed by atoms with Crippen LogP contribution in [0.1, 0.15) is 37.7 Å². The molecule has 100 valence electrons. The monoisotopic (exact) mass is 267 g/mol. The van der Waals surface area contributed by atoms with Crippen molar-refractivity contribution >= 4 is 11.6 Å². The highest BCUT2D eigenvalue weighted by atomic mass is 35.5. The minimum absolute atomic E-state index is 0.209. The molecule has 0 aliphatic heterocycles. The summed E-state index contributed by atoms with van der Waals surface area (Å²) in [5.74, 6) is 1.71. The van der Waals surface area contributed by atoms with Gasteiger partial charge < -0.3 is 10.5 Å². The van der Waals surface area contributed by atoms with Gasteiger partial charge in [-0.15, -0.1) is 0 Å². The van der Waals surface area contributed by atoms with Crippen molar-refractivity contribution in [2.75, 3.05) is 7.11 Å². The van der Waals surface area contributed by atoms with Crippen LogP contribution in [0, 0.1) is 5.92 Å². The molecule has 1 unspecified atom stereocenters. The Bertz CT molecular complexity index is 388. The molecule has 1 aliphatic carbocycles. The summed E-state index contributed by atoms with van der Waals surface area (Å²) < 4.78 is 5.36. The minimum Gasteiger partial charge on any atom is -0.496 e. The van der Waals surface area contributed by atoms with Crippen LogP contribution in [0.25, 0.3) is 0 Å². The lowest BCUT2D eigenvalue weighted by Gasteiger charge is -2.18. The van der Waals surface area contributed by atoms with Crippen molar-refractivity contribution in [2.45, 2.75) is 44.6 Å². The number of methoxy groups -OCH3 is 1. The van der Waals surface area contributed by atoms with E-state index in [9.17, 15) is 0 Å². The molecule has 0 heterocycles. The topological polar surface area (TPSA) is 35.2 Å². The van der Waals surface area contributed by atoms with Crippen molar-refractivity contribution in [1.29, 1.82) is 0 Å². The van der Waals surface area contributed by atoms with Crippen molar-refractivity contribution in [3.8, 4) is 5.75 Å². The Morgan fingerprint density at radius 2 is 2.11 bits per heavy atom. The average molecular weight is 268 g/mol. The third-order valence-electron chi connectivity index (χ3n) is 3.84.